The number of rotatable bonds is 3. The topological polar surface area (TPSA) is 29.9 Å². The summed E-state index contributed by atoms with van der Waals surface area (Å²) in [5, 5.41) is 4.07. The monoisotopic (exact) mass is 349 g/mol. The lowest BCUT2D eigenvalue weighted by atomic mass is 10.3. The molecule has 20 heavy (non-hydrogen) atoms. The maximum Gasteiger partial charge on any atom is 0.128 e. The van der Waals surface area contributed by atoms with Crippen molar-refractivity contribution in [3.63, 3.8) is 0 Å². The van der Waals surface area contributed by atoms with Gasteiger partial charge in [0.25, 0.3) is 0 Å². The summed E-state index contributed by atoms with van der Waals surface area (Å²) in [7, 11) is 2.03. The maximum absolute atomic E-state index is 5.99. The Morgan fingerprint density at radius 2 is 2.05 bits per heavy atom. The lowest BCUT2D eigenvalue weighted by Gasteiger charge is -2.07. The van der Waals surface area contributed by atoms with Crippen LogP contribution in [-0.4, -0.2) is 9.55 Å². The van der Waals surface area contributed by atoms with Crippen molar-refractivity contribution in [1.29, 1.82) is 0 Å². The fourth-order valence-electron chi connectivity index (χ4n) is 2.14. The highest BCUT2D eigenvalue weighted by Crippen LogP contribution is 2.26. The second-order valence-electron chi connectivity index (χ2n) is 4.56. The number of imidazole rings is 1. The first kappa shape index (κ1) is 13.5. The first-order valence-electron chi connectivity index (χ1n) is 6.24. The second kappa shape index (κ2) is 5.46. The molecule has 1 N–H and O–H groups in total. The summed E-state index contributed by atoms with van der Waals surface area (Å²) in [5.41, 5.74) is 3.17. The summed E-state index contributed by atoms with van der Waals surface area (Å²) in [6.45, 7) is 0.666. The van der Waals surface area contributed by atoms with E-state index in [-0.39, 0.29) is 0 Å². The van der Waals surface area contributed by atoms with Crippen molar-refractivity contribution in [2.75, 3.05) is 5.32 Å². The van der Waals surface area contributed by atoms with Crippen LogP contribution >= 0.6 is 27.5 Å². The Bertz CT molecular complexity index is 767. The van der Waals surface area contributed by atoms with Crippen LogP contribution in [0.5, 0.6) is 0 Å². The fourth-order valence-corrected chi connectivity index (χ4v) is 2.64. The molecule has 0 unspecified atom stereocenters. The molecule has 0 aliphatic rings. The number of anilines is 1. The summed E-state index contributed by atoms with van der Waals surface area (Å²) >= 11 is 9.41. The number of aromatic nitrogens is 2. The number of fused-ring (bicyclic) bond motifs is 1. The summed E-state index contributed by atoms with van der Waals surface area (Å²) < 4.78 is 2.99. The Kier molecular flexibility index (Phi) is 3.68. The number of halogens is 2. The van der Waals surface area contributed by atoms with Crippen molar-refractivity contribution < 1.29 is 0 Å². The highest BCUT2D eigenvalue weighted by atomic mass is 79.9. The van der Waals surface area contributed by atoms with E-state index in [0.29, 0.717) is 11.6 Å². The van der Waals surface area contributed by atoms with Crippen molar-refractivity contribution in [3.05, 3.63) is 57.8 Å². The zero-order valence-corrected chi connectivity index (χ0v) is 13.2. The van der Waals surface area contributed by atoms with Gasteiger partial charge in [0.1, 0.15) is 5.82 Å². The third kappa shape index (κ3) is 2.53. The van der Waals surface area contributed by atoms with Crippen molar-refractivity contribution in [3.8, 4) is 0 Å². The van der Waals surface area contributed by atoms with E-state index in [1.807, 2.05) is 43.4 Å². The molecule has 0 radical (unpaired) electrons. The van der Waals surface area contributed by atoms with Crippen molar-refractivity contribution >= 4 is 44.3 Å². The van der Waals surface area contributed by atoms with Gasteiger partial charge in [-0.15, -0.1) is 0 Å². The van der Waals surface area contributed by atoms with E-state index in [9.17, 15) is 0 Å². The molecule has 0 saturated carbocycles. The van der Waals surface area contributed by atoms with E-state index in [4.69, 9.17) is 11.6 Å². The van der Waals surface area contributed by atoms with Crippen LogP contribution in [0.4, 0.5) is 5.69 Å². The van der Waals surface area contributed by atoms with Crippen molar-refractivity contribution in [2.24, 2.45) is 7.05 Å². The molecule has 0 amide bonds. The highest BCUT2D eigenvalue weighted by molar-refractivity contribution is 9.10. The zero-order chi connectivity index (χ0) is 14.1. The molecule has 3 aromatic rings. The number of hydrogen-bond donors (Lipinski definition) is 1. The first-order chi connectivity index (χ1) is 9.65. The number of aryl methyl sites for hydroxylation is 1. The van der Waals surface area contributed by atoms with Gasteiger partial charge in [-0.05, 0) is 46.3 Å². The Morgan fingerprint density at radius 1 is 1.25 bits per heavy atom. The van der Waals surface area contributed by atoms with E-state index in [1.54, 1.807) is 0 Å². The van der Waals surface area contributed by atoms with Crippen LogP contribution < -0.4 is 5.32 Å². The predicted octanol–water partition coefficient (Wildman–Crippen LogP) is 4.60. The summed E-state index contributed by atoms with van der Waals surface area (Å²) in [6, 6.07) is 13.9. The fraction of sp³-hybridized carbons (Fsp3) is 0.133. The highest BCUT2D eigenvalue weighted by Gasteiger charge is 2.07. The Morgan fingerprint density at radius 3 is 2.80 bits per heavy atom. The van der Waals surface area contributed by atoms with Gasteiger partial charge in [0.2, 0.25) is 0 Å². The lowest BCUT2D eigenvalue weighted by molar-refractivity contribution is 0.834. The SMILES string of the molecule is Cn1c(CNc2ccc(Cl)c(Br)c2)nc2ccccc21. The zero-order valence-electron chi connectivity index (χ0n) is 10.9. The van der Waals surface area contributed by atoms with Crippen LogP contribution in [0.2, 0.25) is 5.02 Å². The number of hydrogen-bond acceptors (Lipinski definition) is 2. The molecule has 0 fully saturated rings. The lowest BCUT2D eigenvalue weighted by Crippen LogP contribution is -2.05. The summed E-state index contributed by atoms with van der Waals surface area (Å²) in [6.07, 6.45) is 0. The van der Waals surface area contributed by atoms with E-state index in [2.05, 4.69) is 36.9 Å². The predicted molar refractivity (Wildman–Crippen MR) is 87.2 cm³/mol. The summed E-state index contributed by atoms with van der Waals surface area (Å²) in [5.74, 6) is 0.997. The number of para-hydroxylation sites is 2. The normalized spacial score (nSPS) is 10.9. The van der Waals surface area contributed by atoms with E-state index >= 15 is 0 Å². The van der Waals surface area contributed by atoms with Crippen LogP contribution in [0.15, 0.2) is 46.9 Å². The van der Waals surface area contributed by atoms with E-state index < -0.39 is 0 Å². The van der Waals surface area contributed by atoms with Crippen LogP contribution in [0, 0.1) is 0 Å². The average molecular weight is 351 g/mol. The molecular weight excluding hydrogens is 338 g/mol. The molecule has 0 atom stereocenters. The standard InChI is InChI=1S/C15H13BrClN3/c1-20-14-5-3-2-4-13(14)19-15(20)9-18-10-6-7-12(17)11(16)8-10/h2-8,18H,9H2,1H3. The molecule has 1 aromatic heterocycles. The minimum atomic E-state index is 0.666. The Hall–Kier alpha value is -1.52. The molecule has 0 aliphatic heterocycles. The molecule has 102 valence electrons. The number of nitrogens with zero attached hydrogens (tertiary/aromatic N) is 2. The number of nitrogens with one attached hydrogen (secondary N) is 1. The molecule has 0 bridgehead atoms. The first-order valence-corrected chi connectivity index (χ1v) is 7.41. The molecule has 2 aromatic carbocycles. The molecule has 5 heteroatoms. The second-order valence-corrected chi connectivity index (χ2v) is 5.82. The van der Waals surface area contributed by atoms with Gasteiger partial charge in [-0.3, -0.25) is 0 Å². The number of benzene rings is 2. The molecule has 0 saturated heterocycles. The largest absolute Gasteiger partial charge is 0.378 e. The van der Waals surface area contributed by atoms with Gasteiger partial charge < -0.3 is 9.88 Å². The van der Waals surface area contributed by atoms with Gasteiger partial charge >= 0.3 is 0 Å². The van der Waals surface area contributed by atoms with E-state index in [0.717, 1.165) is 27.0 Å². The molecule has 3 rings (SSSR count). The molecule has 0 spiro atoms. The third-order valence-corrected chi connectivity index (χ3v) is 4.46. The van der Waals surface area contributed by atoms with Gasteiger partial charge in [-0.2, -0.15) is 0 Å². The smallest absolute Gasteiger partial charge is 0.128 e. The average Bonchev–Trinajstić information content (AvgIpc) is 2.77. The van der Waals surface area contributed by atoms with Crippen LogP contribution in [-0.2, 0) is 13.6 Å². The van der Waals surface area contributed by atoms with Crippen LogP contribution in [0.25, 0.3) is 11.0 Å². The Balaban J connectivity index is 1.83. The van der Waals surface area contributed by atoms with Crippen LogP contribution in [0.3, 0.4) is 0 Å². The molecular formula is C15H13BrClN3. The molecule has 1 heterocycles. The third-order valence-electron chi connectivity index (χ3n) is 3.25. The van der Waals surface area contributed by atoms with E-state index in [1.165, 1.54) is 0 Å². The van der Waals surface area contributed by atoms with Crippen LogP contribution in [0.1, 0.15) is 5.82 Å². The molecule has 0 aliphatic carbocycles. The summed E-state index contributed by atoms with van der Waals surface area (Å²) in [4.78, 5) is 4.63. The van der Waals surface area contributed by atoms with Gasteiger partial charge in [-0.25, -0.2) is 4.98 Å². The minimum absolute atomic E-state index is 0.666. The van der Waals surface area contributed by atoms with Gasteiger partial charge in [0.15, 0.2) is 0 Å². The van der Waals surface area contributed by atoms with Crippen molar-refractivity contribution in [2.45, 2.75) is 6.54 Å². The molecule has 3 nitrogen and oxygen atoms in total. The van der Waals surface area contributed by atoms with Crippen molar-refractivity contribution in [1.82, 2.24) is 9.55 Å². The minimum Gasteiger partial charge on any atom is -0.378 e. The quantitative estimate of drug-likeness (QED) is 0.748. The van der Waals surface area contributed by atoms with Gasteiger partial charge in [0.05, 0.1) is 22.6 Å². The van der Waals surface area contributed by atoms with Gasteiger partial charge in [0, 0.05) is 17.2 Å². The maximum atomic E-state index is 5.99. The Labute approximate surface area is 130 Å². The van der Waals surface area contributed by atoms with Gasteiger partial charge in [-0.1, -0.05) is 23.7 Å².